The first kappa shape index (κ1) is 16.7. The third-order valence-corrected chi connectivity index (χ3v) is 5.00. The summed E-state index contributed by atoms with van der Waals surface area (Å²) >= 11 is 0. The van der Waals surface area contributed by atoms with E-state index in [0.717, 1.165) is 33.0 Å². The molecule has 0 aliphatic heterocycles. The third kappa shape index (κ3) is 2.76. The Kier molecular flexibility index (Phi) is 3.99. The van der Waals surface area contributed by atoms with E-state index >= 15 is 0 Å². The number of nitrogens with zero attached hydrogens (tertiary/aromatic N) is 1. The Morgan fingerprint density at radius 1 is 0.846 bits per heavy atom. The van der Waals surface area contributed by atoms with E-state index in [-0.39, 0.29) is 5.82 Å². The fraction of sp³-hybridized carbons (Fsp3) is 0.208. The van der Waals surface area contributed by atoms with Gasteiger partial charge in [-0.1, -0.05) is 43.2 Å². The van der Waals surface area contributed by atoms with Crippen LogP contribution in [-0.4, -0.2) is 4.98 Å². The monoisotopic (exact) mass is 343 g/mol. The standard InChI is InChI=1S/C24H22FN/c1-14(2)17-5-6-20-21(12-17)22(25)13-18-7-8-26-24(23(18)20)19-10-15(3)9-16(4)11-19/h5-14H,1-4H3. The van der Waals surface area contributed by atoms with Crippen molar-refractivity contribution in [2.45, 2.75) is 33.6 Å². The zero-order valence-electron chi connectivity index (χ0n) is 15.6. The molecule has 26 heavy (non-hydrogen) atoms. The zero-order valence-corrected chi connectivity index (χ0v) is 15.6. The first-order valence-electron chi connectivity index (χ1n) is 9.03. The maximum absolute atomic E-state index is 14.8. The Morgan fingerprint density at radius 3 is 2.27 bits per heavy atom. The molecular formula is C24H22FN. The number of hydrogen-bond donors (Lipinski definition) is 0. The number of fused-ring (bicyclic) bond motifs is 3. The summed E-state index contributed by atoms with van der Waals surface area (Å²) in [7, 11) is 0. The molecule has 0 aliphatic rings. The molecular weight excluding hydrogens is 321 g/mol. The maximum Gasteiger partial charge on any atom is 0.131 e. The quantitative estimate of drug-likeness (QED) is 0.359. The van der Waals surface area contributed by atoms with Gasteiger partial charge in [-0.15, -0.1) is 0 Å². The van der Waals surface area contributed by atoms with Gasteiger partial charge >= 0.3 is 0 Å². The van der Waals surface area contributed by atoms with Crippen LogP contribution in [0.25, 0.3) is 32.8 Å². The minimum atomic E-state index is -0.174. The molecule has 1 heterocycles. The summed E-state index contributed by atoms with van der Waals surface area (Å²) < 4.78 is 14.8. The van der Waals surface area contributed by atoms with Crippen LogP contribution in [0.3, 0.4) is 0 Å². The van der Waals surface area contributed by atoms with Crippen molar-refractivity contribution in [3.63, 3.8) is 0 Å². The molecule has 4 rings (SSSR count). The van der Waals surface area contributed by atoms with E-state index in [1.165, 1.54) is 11.1 Å². The van der Waals surface area contributed by atoms with Crippen molar-refractivity contribution in [2.75, 3.05) is 0 Å². The first-order chi connectivity index (χ1) is 12.4. The molecule has 1 aromatic heterocycles. The minimum Gasteiger partial charge on any atom is -0.256 e. The van der Waals surface area contributed by atoms with Crippen LogP contribution in [-0.2, 0) is 0 Å². The molecule has 2 heteroatoms. The van der Waals surface area contributed by atoms with E-state index in [0.29, 0.717) is 11.3 Å². The SMILES string of the molecule is Cc1cc(C)cc(-c2nccc3cc(F)c4cc(C(C)C)ccc4c23)c1. The lowest BCUT2D eigenvalue weighted by molar-refractivity contribution is 0.641. The number of pyridine rings is 1. The highest BCUT2D eigenvalue weighted by molar-refractivity contribution is 6.13. The molecule has 0 spiro atoms. The predicted octanol–water partition coefficient (Wildman–Crippen LogP) is 6.93. The summed E-state index contributed by atoms with van der Waals surface area (Å²) in [5.74, 6) is 0.190. The number of aromatic nitrogens is 1. The van der Waals surface area contributed by atoms with Crippen LogP contribution in [0.15, 0.2) is 54.7 Å². The van der Waals surface area contributed by atoms with Gasteiger partial charge in [-0.3, -0.25) is 4.98 Å². The number of halogens is 1. The zero-order chi connectivity index (χ0) is 18.4. The summed E-state index contributed by atoms with van der Waals surface area (Å²) in [6, 6.07) is 16.1. The van der Waals surface area contributed by atoms with Gasteiger partial charge in [0.1, 0.15) is 5.82 Å². The van der Waals surface area contributed by atoms with Crippen LogP contribution in [0.5, 0.6) is 0 Å². The summed E-state index contributed by atoms with van der Waals surface area (Å²) in [6.07, 6.45) is 1.77. The molecule has 0 amide bonds. The van der Waals surface area contributed by atoms with Crippen molar-refractivity contribution in [1.82, 2.24) is 4.98 Å². The number of hydrogen-bond acceptors (Lipinski definition) is 1. The average Bonchev–Trinajstić information content (AvgIpc) is 2.60. The summed E-state index contributed by atoms with van der Waals surface area (Å²) in [6.45, 7) is 8.44. The highest BCUT2D eigenvalue weighted by Crippen LogP contribution is 2.36. The van der Waals surface area contributed by atoms with Crippen molar-refractivity contribution < 1.29 is 4.39 Å². The third-order valence-electron chi connectivity index (χ3n) is 5.00. The Labute approximate surface area is 153 Å². The van der Waals surface area contributed by atoms with E-state index in [1.54, 1.807) is 12.3 Å². The van der Waals surface area contributed by atoms with E-state index in [2.05, 4.69) is 56.9 Å². The highest BCUT2D eigenvalue weighted by Gasteiger charge is 2.14. The molecule has 4 aromatic rings. The van der Waals surface area contributed by atoms with Gasteiger partial charge < -0.3 is 0 Å². The predicted molar refractivity (Wildman–Crippen MR) is 108 cm³/mol. The molecule has 0 saturated carbocycles. The van der Waals surface area contributed by atoms with Crippen LogP contribution >= 0.6 is 0 Å². The molecule has 0 fully saturated rings. The largest absolute Gasteiger partial charge is 0.256 e. The van der Waals surface area contributed by atoms with Gasteiger partial charge in [-0.2, -0.15) is 0 Å². The molecule has 3 aromatic carbocycles. The maximum atomic E-state index is 14.8. The topological polar surface area (TPSA) is 12.9 Å². The Balaban J connectivity index is 2.12. The highest BCUT2D eigenvalue weighted by atomic mass is 19.1. The number of aryl methyl sites for hydroxylation is 2. The van der Waals surface area contributed by atoms with Crippen LogP contribution in [0, 0.1) is 19.7 Å². The van der Waals surface area contributed by atoms with Gasteiger partial charge in [-0.25, -0.2) is 4.39 Å². The van der Waals surface area contributed by atoms with E-state index in [4.69, 9.17) is 0 Å². The molecule has 130 valence electrons. The van der Waals surface area contributed by atoms with Crippen LogP contribution in [0.2, 0.25) is 0 Å². The van der Waals surface area contributed by atoms with E-state index < -0.39 is 0 Å². The molecule has 0 aliphatic carbocycles. The molecule has 0 radical (unpaired) electrons. The number of benzene rings is 3. The Bertz CT molecular complexity index is 1120. The first-order valence-corrected chi connectivity index (χ1v) is 9.03. The van der Waals surface area contributed by atoms with Crippen molar-refractivity contribution in [2.24, 2.45) is 0 Å². The van der Waals surface area contributed by atoms with Crippen LogP contribution in [0.1, 0.15) is 36.5 Å². The average molecular weight is 343 g/mol. The van der Waals surface area contributed by atoms with Crippen LogP contribution < -0.4 is 0 Å². The fourth-order valence-electron chi connectivity index (χ4n) is 3.76. The van der Waals surface area contributed by atoms with Gasteiger partial charge in [-0.05, 0) is 66.4 Å². The molecule has 0 saturated heterocycles. The molecule has 1 nitrogen and oxygen atoms in total. The van der Waals surface area contributed by atoms with Crippen molar-refractivity contribution in [1.29, 1.82) is 0 Å². The van der Waals surface area contributed by atoms with Gasteiger partial charge in [0, 0.05) is 22.5 Å². The van der Waals surface area contributed by atoms with Gasteiger partial charge in [0.25, 0.3) is 0 Å². The van der Waals surface area contributed by atoms with Gasteiger partial charge in [0.05, 0.1) is 5.69 Å². The second-order valence-corrected chi connectivity index (χ2v) is 7.45. The number of rotatable bonds is 2. The second-order valence-electron chi connectivity index (χ2n) is 7.45. The van der Waals surface area contributed by atoms with Crippen LogP contribution in [0.4, 0.5) is 4.39 Å². The Morgan fingerprint density at radius 2 is 1.58 bits per heavy atom. The fourth-order valence-corrected chi connectivity index (χ4v) is 3.76. The van der Waals surface area contributed by atoms with Crippen molar-refractivity contribution in [3.05, 3.63) is 77.2 Å². The lowest BCUT2D eigenvalue weighted by Crippen LogP contribution is -1.93. The second kappa shape index (κ2) is 6.21. The summed E-state index contributed by atoms with van der Waals surface area (Å²) in [5.41, 5.74) is 5.54. The lowest BCUT2D eigenvalue weighted by Gasteiger charge is -2.13. The molecule has 0 atom stereocenters. The van der Waals surface area contributed by atoms with Gasteiger partial charge in [0.15, 0.2) is 0 Å². The lowest BCUT2D eigenvalue weighted by atomic mass is 9.93. The van der Waals surface area contributed by atoms with E-state index in [1.807, 2.05) is 18.2 Å². The molecule has 0 unspecified atom stereocenters. The normalized spacial score (nSPS) is 11.6. The van der Waals surface area contributed by atoms with Gasteiger partial charge in [0.2, 0.25) is 0 Å². The molecule has 0 bridgehead atoms. The molecule has 0 N–H and O–H groups in total. The smallest absolute Gasteiger partial charge is 0.131 e. The Hall–Kier alpha value is -2.74. The van der Waals surface area contributed by atoms with Crippen molar-refractivity contribution >= 4 is 21.5 Å². The van der Waals surface area contributed by atoms with Crippen molar-refractivity contribution in [3.8, 4) is 11.3 Å². The van der Waals surface area contributed by atoms with E-state index in [9.17, 15) is 4.39 Å². The summed E-state index contributed by atoms with van der Waals surface area (Å²) in [5, 5.41) is 3.50. The summed E-state index contributed by atoms with van der Waals surface area (Å²) in [4.78, 5) is 4.67. The minimum absolute atomic E-state index is 0.174.